The largest absolute Gasteiger partial charge is 0.459 e. The summed E-state index contributed by atoms with van der Waals surface area (Å²) in [4.78, 5) is 16.8. The van der Waals surface area contributed by atoms with Crippen molar-refractivity contribution in [2.75, 3.05) is 6.54 Å². The Labute approximate surface area is 164 Å². The molecule has 0 radical (unpaired) electrons. The Morgan fingerprint density at radius 3 is 2.80 bits per heavy atom. The van der Waals surface area contributed by atoms with Crippen LogP contribution in [0.2, 0.25) is 0 Å². The van der Waals surface area contributed by atoms with E-state index in [9.17, 15) is 4.79 Å². The summed E-state index contributed by atoms with van der Waals surface area (Å²) in [5, 5.41) is 5.89. The second-order valence-electron chi connectivity index (χ2n) is 6.19. The zero-order valence-electron chi connectivity index (χ0n) is 14.2. The fraction of sp³-hybridized carbons (Fsp3) is 0.529. The Hall–Kier alpha value is -1.08. The molecule has 1 saturated carbocycles. The minimum absolute atomic E-state index is 0. The number of hydrogen-bond acceptors (Lipinski definition) is 5. The molecule has 1 fully saturated rings. The van der Waals surface area contributed by atoms with Crippen molar-refractivity contribution in [1.29, 1.82) is 0 Å². The van der Waals surface area contributed by atoms with E-state index in [0.717, 1.165) is 35.1 Å². The first-order chi connectivity index (χ1) is 11.2. The minimum atomic E-state index is 0. The topological polar surface area (TPSA) is 81.2 Å². The van der Waals surface area contributed by atoms with Gasteiger partial charge in [-0.3, -0.25) is 4.79 Å². The monoisotopic (exact) mass is 405 g/mol. The van der Waals surface area contributed by atoms with Crippen molar-refractivity contribution in [3.8, 4) is 10.8 Å². The summed E-state index contributed by atoms with van der Waals surface area (Å²) in [5.74, 6) is 2.06. The van der Waals surface area contributed by atoms with Crippen molar-refractivity contribution < 1.29 is 9.21 Å². The molecule has 25 heavy (non-hydrogen) atoms. The van der Waals surface area contributed by atoms with Gasteiger partial charge in [0.1, 0.15) is 5.76 Å². The van der Waals surface area contributed by atoms with E-state index in [4.69, 9.17) is 10.2 Å². The lowest BCUT2D eigenvalue weighted by atomic mass is 9.84. The van der Waals surface area contributed by atoms with Crippen LogP contribution in [0.5, 0.6) is 0 Å². The molecule has 2 aromatic heterocycles. The van der Waals surface area contributed by atoms with Crippen molar-refractivity contribution in [3.05, 3.63) is 29.0 Å². The van der Waals surface area contributed by atoms with E-state index in [1.807, 2.05) is 24.4 Å². The third kappa shape index (κ3) is 5.71. The molecule has 2 atom stereocenters. The number of aromatic nitrogens is 1. The summed E-state index contributed by atoms with van der Waals surface area (Å²) in [6.45, 7) is 2.55. The maximum atomic E-state index is 12.3. The standard InChI is InChI=1S/C17H23N3O2S.2ClH/c1-11-6-7-15(22-11)17-19-13(10-23-17)8-16(21)20-14-5-3-2-4-12(14)9-18;;/h6-7,10,12,14H,2-5,8-9,18H2,1H3,(H,20,21);2*1H. The van der Waals surface area contributed by atoms with Crippen molar-refractivity contribution in [1.82, 2.24) is 10.3 Å². The number of carbonyl (C=O) groups is 1. The van der Waals surface area contributed by atoms with Crippen LogP contribution in [0.4, 0.5) is 0 Å². The number of nitrogens with one attached hydrogen (secondary N) is 1. The number of aryl methyl sites for hydroxylation is 1. The molecular formula is C17H25Cl2N3O2S. The van der Waals surface area contributed by atoms with Crippen LogP contribution < -0.4 is 11.1 Å². The smallest absolute Gasteiger partial charge is 0.226 e. The Kier molecular flexibility index (Phi) is 8.93. The van der Waals surface area contributed by atoms with Crippen LogP contribution in [0.1, 0.15) is 37.1 Å². The van der Waals surface area contributed by atoms with Crippen LogP contribution in [0, 0.1) is 12.8 Å². The number of carbonyl (C=O) groups excluding carboxylic acids is 1. The van der Waals surface area contributed by atoms with Gasteiger partial charge in [-0.2, -0.15) is 0 Å². The third-order valence-electron chi connectivity index (χ3n) is 4.40. The Balaban J connectivity index is 0.00000156. The fourth-order valence-electron chi connectivity index (χ4n) is 3.15. The van der Waals surface area contributed by atoms with E-state index in [1.54, 1.807) is 0 Å². The third-order valence-corrected chi connectivity index (χ3v) is 5.31. The number of halogens is 2. The first kappa shape index (κ1) is 22.0. The van der Waals surface area contributed by atoms with Crippen LogP contribution in [0.3, 0.4) is 0 Å². The molecule has 2 unspecified atom stereocenters. The number of thiazole rings is 1. The van der Waals surface area contributed by atoms with Gasteiger partial charge in [-0.1, -0.05) is 12.8 Å². The second-order valence-corrected chi connectivity index (χ2v) is 7.04. The summed E-state index contributed by atoms with van der Waals surface area (Å²) in [6, 6.07) is 4.04. The zero-order valence-corrected chi connectivity index (χ0v) is 16.6. The number of rotatable bonds is 5. The van der Waals surface area contributed by atoms with Gasteiger partial charge < -0.3 is 15.5 Å². The molecule has 1 aliphatic carbocycles. The van der Waals surface area contributed by atoms with E-state index in [0.29, 0.717) is 18.9 Å². The van der Waals surface area contributed by atoms with Gasteiger partial charge >= 0.3 is 0 Å². The van der Waals surface area contributed by atoms with Crippen LogP contribution in [-0.4, -0.2) is 23.5 Å². The van der Waals surface area contributed by atoms with E-state index in [1.165, 1.54) is 24.2 Å². The molecule has 140 valence electrons. The lowest BCUT2D eigenvalue weighted by Crippen LogP contribution is -2.45. The number of nitrogens with two attached hydrogens (primary N) is 1. The predicted octanol–water partition coefficient (Wildman–Crippen LogP) is 3.73. The summed E-state index contributed by atoms with van der Waals surface area (Å²) in [5.41, 5.74) is 6.61. The molecule has 0 aromatic carbocycles. The van der Waals surface area contributed by atoms with E-state index < -0.39 is 0 Å². The van der Waals surface area contributed by atoms with E-state index >= 15 is 0 Å². The van der Waals surface area contributed by atoms with Crippen LogP contribution in [0.25, 0.3) is 10.8 Å². The van der Waals surface area contributed by atoms with Gasteiger partial charge in [0.05, 0.1) is 12.1 Å². The Morgan fingerprint density at radius 1 is 1.36 bits per heavy atom. The maximum Gasteiger partial charge on any atom is 0.226 e. The predicted molar refractivity (Wildman–Crippen MR) is 106 cm³/mol. The molecule has 0 aliphatic heterocycles. The normalized spacial score (nSPS) is 19.6. The van der Waals surface area contributed by atoms with E-state index in [2.05, 4.69) is 10.3 Å². The van der Waals surface area contributed by atoms with E-state index in [-0.39, 0.29) is 36.8 Å². The average Bonchev–Trinajstić information content (AvgIpc) is 3.16. The Bertz CT molecular complexity index is 674. The summed E-state index contributed by atoms with van der Waals surface area (Å²) < 4.78 is 5.57. The minimum Gasteiger partial charge on any atom is -0.459 e. The van der Waals surface area contributed by atoms with Crippen LogP contribution >= 0.6 is 36.2 Å². The van der Waals surface area contributed by atoms with Crippen LogP contribution in [0.15, 0.2) is 21.9 Å². The van der Waals surface area contributed by atoms with Crippen LogP contribution in [-0.2, 0) is 11.2 Å². The van der Waals surface area contributed by atoms with Gasteiger partial charge in [0.2, 0.25) is 5.91 Å². The highest BCUT2D eigenvalue weighted by atomic mass is 35.5. The first-order valence-electron chi connectivity index (χ1n) is 8.16. The lowest BCUT2D eigenvalue weighted by Gasteiger charge is -2.31. The second kappa shape index (κ2) is 10.2. The number of hydrogen-bond donors (Lipinski definition) is 2. The molecular weight excluding hydrogens is 381 g/mol. The highest BCUT2D eigenvalue weighted by Crippen LogP contribution is 2.26. The molecule has 0 bridgehead atoms. The molecule has 3 rings (SSSR count). The maximum absolute atomic E-state index is 12.3. The summed E-state index contributed by atoms with van der Waals surface area (Å²) >= 11 is 1.50. The molecule has 2 heterocycles. The summed E-state index contributed by atoms with van der Waals surface area (Å²) in [6.07, 6.45) is 4.83. The highest BCUT2D eigenvalue weighted by Gasteiger charge is 2.25. The quantitative estimate of drug-likeness (QED) is 0.793. The summed E-state index contributed by atoms with van der Waals surface area (Å²) in [7, 11) is 0. The highest BCUT2D eigenvalue weighted by molar-refractivity contribution is 7.13. The molecule has 1 amide bonds. The molecule has 1 aliphatic rings. The number of amides is 1. The van der Waals surface area contributed by atoms with Crippen molar-refractivity contribution in [3.63, 3.8) is 0 Å². The molecule has 2 aromatic rings. The SMILES string of the molecule is Cc1ccc(-c2nc(CC(=O)NC3CCCCC3CN)cs2)o1.Cl.Cl. The van der Waals surface area contributed by atoms with Crippen molar-refractivity contribution >= 4 is 42.1 Å². The van der Waals surface area contributed by atoms with Gasteiger partial charge in [-0.25, -0.2) is 4.98 Å². The number of nitrogens with zero attached hydrogens (tertiary/aromatic N) is 1. The molecule has 5 nitrogen and oxygen atoms in total. The zero-order chi connectivity index (χ0) is 16.2. The fourth-order valence-corrected chi connectivity index (χ4v) is 3.93. The van der Waals surface area contributed by atoms with Crippen molar-refractivity contribution in [2.45, 2.75) is 45.1 Å². The first-order valence-corrected chi connectivity index (χ1v) is 9.04. The number of furan rings is 1. The molecule has 0 saturated heterocycles. The Morgan fingerprint density at radius 2 is 2.12 bits per heavy atom. The van der Waals surface area contributed by atoms with Gasteiger partial charge in [0.25, 0.3) is 0 Å². The molecule has 0 spiro atoms. The van der Waals surface area contributed by atoms with Gasteiger partial charge in [0.15, 0.2) is 10.8 Å². The van der Waals surface area contributed by atoms with Gasteiger partial charge in [-0.05, 0) is 44.4 Å². The van der Waals surface area contributed by atoms with Crippen molar-refractivity contribution in [2.24, 2.45) is 11.7 Å². The van der Waals surface area contributed by atoms with Gasteiger partial charge in [-0.15, -0.1) is 36.2 Å². The lowest BCUT2D eigenvalue weighted by molar-refractivity contribution is -0.121. The van der Waals surface area contributed by atoms with Gasteiger partial charge in [0, 0.05) is 11.4 Å². The molecule has 8 heteroatoms. The molecule has 3 N–H and O–H groups in total. The average molecular weight is 406 g/mol.